The molecule has 6 nitrogen and oxygen atoms in total. The minimum absolute atomic E-state index is 0.0974. The number of nitrogens with zero attached hydrogens (tertiary/aromatic N) is 4. The monoisotopic (exact) mass is 321 g/mol. The molecule has 0 aliphatic rings. The number of nitrogens with one attached hydrogen (secondary N) is 1. The topological polar surface area (TPSA) is 72.7 Å². The van der Waals surface area contributed by atoms with Crippen molar-refractivity contribution >= 4 is 11.9 Å². The Morgan fingerprint density at radius 2 is 2.00 bits per heavy atom. The Hall–Kier alpha value is -3.02. The van der Waals surface area contributed by atoms with E-state index >= 15 is 0 Å². The van der Waals surface area contributed by atoms with Crippen molar-refractivity contribution in [3.05, 3.63) is 60.4 Å². The van der Waals surface area contributed by atoms with Crippen LogP contribution in [0.1, 0.15) is 23.7 Å². The Morgan fingerprint density at radius 1 is 1.17 bits per heavy atom. The molecule has 0 saturated heterocycles. The number of pyridine rings is 1. The second kappa shape index (κ2) is 7.50. The van der Waals surface area contributed by atoms with Gasteiger partial charge in [0.05, 0.1) is 0 Å². The van der Waals surface area contributed by atoms with Crippen LogP contribution in [0.3, 0.4) is 0 Å². The fourth-order valence-corrected chi connectivity index (χ4v) is 2.33. The average Bonchev–Trinajstić information content (AvgIpc) is 3.07. The summed E-state index contributed by atoms with van der Waals surface area (Å²) in [5.41, 5.74) is 2.01. The smallest absolute Gasteiger partial charge is 0.249 e. The third kappa shape index (κ3) is 3.65. The quantitative estimate of drug-likeness (QED) is 0.755. The first kappa shape index (κ1) is 15.9. The molecule has 2 aromatic heterocycles. The predicted molar refractivity (Wildman–Crippen MR) is 92.8 cm³/mol. The molecule has 0 atom stereocenters. The Kier molecular flexibility index (Phi) is 4.96. The zero-order valence-electron chi connectivity index (χ0n) is 13.5. The molecule has 0 fully saturated rings. The summed E-state index contributed by atoms with van der Waals surface area (Å²) in [7, 11) is 0. The molecule has 24 heavy (non-hydrogen) atoms. The van der Waals surface area contributed by atoms with E-state index in [0.29, 0.717) is 24.7 Å². The molecule has 1 N–H and O–H groups in total. The normalized spacial score (nSPS) is 10.5. The van der Waals surface area contributed by atoms with Gasteiger partial charge in [0, 0.05) is 30.9 Å². The Morgan fingerprint density at radius 3 is 2.71 bits per heavy atom. The SMILES string of the molecule is CCC(=O)n1nc(-c2cccnc2)nc1NCCc1ccccc1. The third-order valence-electron chi connectivity index (χ3n) is 3.61. The molecule has 0 aliphatic carbocycles. The lowest BCUT2D eigenvalue weighted by Crippen LogP contribution is -2.17. The zero-order valence-corrected chi connectivity index (χ0v) is 13.5. The van der Waals surface area contributed by atoms with Crippen molar-refractivity contribution < 1.29 is 4.79 Å². The van der Waals surface area contributed by atoms with Gasteiger partial charge in [0.1, 0.15) is 0 Å². The highest BCUT2D eigenvalue weighted by Gasteiger charge is 2.15. The molecule has 0 radical (unpaired) electrons. The molecule has 0 amide bonds. The number of rotatable bonds is 6. The highest BCUT2D eigenvalue weighted by molar-refractivity contribution is 5.81. The number of benzene rings is 1. The summed E-state index contributed by atoms with van der Waals surface area (Å²) >= 11 is 0. The Balaban J connectivity index is 1.78. The van der Waals surface area contributed by atoms with Gasteiger partial charge >= 0.3 is 0 Å². The number of aromatic nitrogens is 4. The van der Waals surface area contributed by atoms with Crippen LogP contribution in [-0.2, 0) is 6.42 Å². The number of anilines is 1. The second-order valence-electron chi connectivity index (χ2n) is 5.32. The van der Waals surface area contributed by atoms with Crippen LogP contribution >= 0.6 is 0 Å². The van der Waals surface area contributed by atoms with Crippen molar-refractivity contribution in [3.8, 4) is 11.4 Å². The van der Waals surface area contributed by atoms with E-state index in [-0.39, 0.29) is 5.91 Å². The van der Waals surface area contributed by atoms with E-state index in [9.17, 15) is 4.79 Å². The van der Waals surface area contributed by atoms with Gasteiger partial charge < -0.3 is 5.32 Å². The molecular weight excluding hydrogens is 302 g/mol. The van der Waals surface area contributed by atoms with E-state index in [1.54, 1.807) is 12.4 Å². The van der Waals surface area contributed by atoms with Gasteiger partial charge in [-0.1, -0.05) is 37.3 Å². The van der Waals surface area contributed by atoms with Crippen molar-refractivity contribution in [1.82, 2.24) is 19.7 Å². The van der Waals surface area contributed by atoms with Gasteiger partial charge in [0.15, 0.2) is 5.82 Å². The lowest BCUT2D eigenvalue weighted by atomic mass is 10.1. The van der Waals surface area contributed by atoms with Crippen LogP contribution in [0, 0.1) is 0 Å². The molecule has 0 bridgehead atoms. The van der Waals surface area contributed by atoms with Crippen molar-refractivity contribution in [2.75, 3.05) is 11.9 Å². The second-order valence-corrected chi connectivity index (χ2v) is 5.32. The summed E-state index contributed by atoms with van der Waals surface area (Å²) in [4.78, 5) is 20.6. The van der Waals surface area contributed by atoms with Crippen LogP contribution < -0.4 is 5.32 Å². The summed E-state index contributed by atoms with van der Waals surface area (Å²) < 4.78 is 1.34. The maximum atomic E-state index is 12.1. The summed E-state index contributed by atoms with van der Waals surface area (Å²) in [6, 6.07) is 13.9. The standard InChI is InChI=1S/C18H19N5O/c1-2-16(24)23-18(20-12-10-14-7-4-3-5-8-14)21-17(22-23)15-9-6-11-19-13-15/h3-9,11,13H,2,10,12H2,1H3,(H,20,21,22). The summed E-state index contributed by atoms with van der Waals surface area (Å²) in [5.74, 6) is 0.864. The first-order valence-electron chi connectivity index (χ1n) is 7.96. The van der Waals surface area contributed by atoms with E-state index in [1.807, 2.05) is 37.3 Å². The van der Waals surface area contributed by atoms with Crippen LogP contribution in [0.4, 0.5) is 5.95 Å². The Labute approximate surface area is 140 Å². The third-order valence-corrected chi connectivity index (χ3v) is 3.61. The molecule has 3 rings (SSSR count). The van der Waals surface area contributed by atoms with Crippen molar-refractivity contribution in [1.29, 1.82) is 0 Å². The minimum atomic E-state index is -0.0974. The first-order valence-corrected chi connectivity index (χ1v) is 7.96. The molecule has 0 unspecified atom stereocenters. The van der Waals surface area contributed by atoms with E-state index in [4.69, 9.17) is 0 Å². The summed E-state index contributed by atoms with van der Waals surface area (Å²) in [5, 5.41) is 7.55. The zero-order chi connectivity index (χ0) is 16.8. The highest BCUT2D eigenvalue weighted by Crippen LogP contribution is 2.17. The maximum Gasteiger partial charge on any atom is 0.249 e. The maximum absolute atomic E-state index is 12.1. The number of carbonyl (C=O) groups is 1. The van der Waals surface area contributed by atoms with E-state index in [1.165, 1.54) is 10.2 Å². The van der Waals surface area contributed by atoms with Crippen LogP contribution in [-0.4, -0.2) is 32.2 Å². The van der Waals surface area contributed by atoms with E-state index in [2.05, 4.69) is 32.5 Å². The lowest BCUT2D eigenvalue weighted by molar-refractivity contribution is 0.0896. The highest BCUT2D eigenvalue weighted by atomic mass is 16.2. The molecule has 1 aromatic carbocycles. The fraction of sp³-hybridized carbons (Fsp3) is 0.222. The molecule has 6 heteroatoms. The number of carbonyl (C=O) groups excluding carboxylic acids is 1. The summed E-state index contributed by atoms with van der Waals surface area (Å²) in [6.45, 7) is 2.48. The Bertz CT molecular complexity index is 799. The van der Waals surface area contributed by atoms with Crippen molar-refractivity contribution in [2.45, 2.75) is 19.8 Å². The van der Waals surface area contributed by atoms with Gasteiger partial charge in [-0.3, -0.25) is 9.78 Å². The van der Waals surface area contributed by atoms with Gasteiger partial charge in [0.25, 0.3) is 0 Å². The predicted octanol–water partition coefficient (Wildman–Crippen LogP) is 3.04. The van der Waals surface area contributed by atoms with Gasteiger partial charge in [-0.15, -0.1) is 5.10 Å². The molecule has 0 saturated carbocycles. The van der Waals surface area contributed by atoms with Crippen molar-refractivity contribution in [2.24, 2.45) is 0 Å². The molecule has 122 valence electrons. The molecule has 3 aromatic rings. The first-order chi connectivity index (χ1) is 11.8. The fourth-order valence-electron chi connectivity index (χ4n) is 2.33. The van der Waals surface area contributed by atoms with Crippen molar-refractivity contribution in [3.63, 3.8) is 0 Å². The molecular formula is C18H19N5O. The molecule has 2 heterocycles. The van der Waals surface area contributed by atoms with Gasteiger partial charge in [-0.05, 0) is 24.1 Å². The lowest BCUT2D eigenvalue weighted by Gasteiger charge is -2.06. The van der Waals surface area contributed by atoms with Crippen LogP contribution in [0.25, 0.3) is 11.4 Å². The van der Waals surface area contributed by atoms with E-state index in [0.717, 1.165) is 12.0 Å². The molecule has 0 aliphatic heterocycles. The van der Waals surface area contributed by atoms with Crippen LogP contribution in [0.15, 0.2) is 54.9 Å². The van der Waals surface area contributed by atoms with Crippen LogP contribution in [0.2, 0.25) is 0 Å². The van der Waals surface area contributed by atoms with Gasteiger partial charge in [-0.2, -0.15) is 9.67 Å². The largest absolute Gasteiger partial charge is 0.354 e. The number of hydrogen-bond acceptors (Lipinski definition) is 5. The molecule has 0 spiro atoms. The van der Waals surface area contributed by atoms with Gasteiger partial charge in [0.2, 0.25) is 11.9 Å². The minimum Gasteiger partial charge on any atom is -0.354 e. The van der Waals surface area contributed by atoms with Gasteiger partial charge in [-0.25, -0.2) is 0 Å². The number of hydrogen-bond donors (Lipinski definition) is 1. The van der Waals surface area contributed by atoms with Crippen LogP contribution in [0.5, 0.6) is 0 Å². The van der Waals surface area contributed by atoms with E-state index < -0.39 is 0 Å². The summed E-state index contributed by atoms with van der Waals surface area (Å²) in [6.07, 6.45) is 4.58. The average molecular weight is 321 g/mol.